The Hall–Kier alpha value is -0.920. The summed E-state index contributed by atoms with van der Waals surface area (Å²) in [4.78, 5) is 1.26. The highest BCUT2D eigenvalue weighted by Crippen LogP contribution is 2.25. The van der Waals surface area contributed by atoms with Crippen LogP contribution in [0.2, 0.25) is 5.02 Å². The largest absolute Gasteiger partial charge is 0.326 e. The summed E-state index contributed by atoms with van der Waals surface area (Å²) in [6, 6.07) is 8.79. The van der Waals surface area contributed by atoms with E-state index in [4.69, 9.17) is 17.3 Å². The molecule has 4 nitrogen and oxygen atoms in total. The molecule has 0 amide bonds. The number of rotatable bonds is 6. The Balaban J connectivity index is 2.20. The van der Waals surface area contributed by atoms with E-state index in [1.54, 1.807) is 36.6 Å². The quantitative estimate of drug-likeness (QED) is 0.876. The molecule has 0 aliphatic rings. The van der Waals surface area contributed by atoms with Gasteiger partial charge in [0.25, 0.3) is 0 Å². The summed E-state index contributed by atoms with van der Waals surface area (Å²) >= 11 is 7.65. The monoisotopic (exact) mass is 344 g/mol. The smallest absolute Gasteiger partial charge is 0.244 e. The van der Waals surface area contributed by atoms with Gasteiger partial charge in [-0.15, -0.1) is 11.3 Å². The van der Waals surface area contributed by atoms with Crippen LogP contribution >= 0.6 is 22.9 Å². The Bertz CT molecular complexity index is 700. The molecule has 1 heterocycles. The lowest BCUT2D eigenvalue weighted by Gasteiger charge is -2.18. The first kappa shape index (κ1) is 16.5. The molecule has 0 aliphatic heterocycles. The first-order valence-corrected chi connectivity index (χ1v) is 9.12. The second-order valence-corrected chi connectivity index (χ2v) is 8.08. The lowest BCUT2D eigenvalue weighted by atomic mass is 10.2. The van der Waals surface area contributed by atoms with Gasteiger partial charge < -0.3 is 5.73 Å². The van der Waals surface area contributed by atoms with Crippen molar-refractivity contribution in [3.8, 4) is 0 Å². The molecule has 0 unspecified atom stereocenters. The van der Waals surface area contributed by atoms with Crippen molar-refractivity contribution in [2.45, 2.75) is 17.9 Å². The molecule has 21 heavy (non-hydrogen) atoms. The standard InChI is InChI=1S/C14H17ClN2O2S2/c1-17(7-6-12-3-2-8-20-12)21(18,19)14-9-11(10-16)4-5-13(14)15/h2-5,8-9H,6-7,10,16H2,1H3. The maximum absolute atomic E-state index is 12.6. The highest BCUT2D eigenvalue weighted by atomic mass is 35.5. The van der Waals surface area contributed by atoms with E-state index >= 15 is 0 Å². The van der Waals surface area contributed by atoms with Crippen molar-refractivity contribution in [1.29, 1.82) is 0 Å². The molecular weight excluding hydrogens is 328 g/mol. The predicted molar refractivity (Wildman–Crippen MR) is 87.2 cm³/mol. The maximum atomic E-state index is 12.6. The second kappa shape index (κ2) is 6.89. The summed E-state index contributed by atoms with van der Waals surface area (Å²) in [6.45, 7) is 0.685. The fraction of sp³-hybridized carbons (Fsp3) is 0.286. The van der Waals surface area contributed by atoms with E-state index in [0.717, 1.165) is 10.4 Å². The summed E-state index contributed by atoms with van der Waals surface area (Å²) in [6.07, 6.45) is 0.682. The van der Waals surface area contributed by atoms with E-state index in [9.17, 15) is 8.42 Å². The summed E-state index contributed by atoms with van der Waals surface area (Å²) in [5.41, 5.74) is 6.30. The van der Waals surface area contributed by atoms with Gasteiger partial charge in [0.2, 0.25) is 10.0 Å². The molecule has 114 valence electrons. The molecule has 2 rings (SSSR count). The normalized spacial score (nSPS) is 12.0. The average Bonchev–Trinajstić information content (AvgIpc) is 2.98. The first-order valence-electron chi connectivity index (χ1n) is 6.42. The Kier molecular flexibility index (Phi) is 5.40. The summed E-state index contributed by atoms with van der Waals surface area (Å²) < 4.78 is 26.5. The van der Waals surface area contributed by atoms with Crippen molar-refractivity contribution in [2.75, 3.05) is 13.6 Å². The molecule has 1 aromatic heterocycles. The molecule has 0 atom stereocenters. The fourth-order valence-corrected chi connectivity index (χ4v) is 4.27. The van der Waals surface area contributed by atoms with Crippen LogP contribution in [0.1, 0.15) is 10.4 Å². The highest BCUT2D eigenvalue weighted by molar-refractivity contribution is 7.89. The molecule has 0 bridgehead atoms. The number of thiophene rings is 1. The van der Waals surface area contributed by atoms with E-state index in [-0.39, 0.29) is 16.5 Å². The van der Waals surface area contributed by atoms with Gasteiger partial charge >= 0.3 is 0 Å². The van der Waals surface area contributed by atoms with Crippen LogP contribution < -0.4 is 5.73 Å². The van der Waals surface area contributed by atoms with Gasteiger partial charge in [-0.25, -0.2) is 12.7 Å². The van der Waals surface area contributed by atoms with Gasteiger partial charge in [-0.05, 0) is 35.6 Å². The Morgan fingerprint density at radius 2 is 2.10 bits per heavy atom. The molecular formula is C14H17ClN2O2S2. The van der Waals surface area contributed by atoms with Crippen LogP contribution in [0.3, 0.4) is 0 Å². The van der Waals surface area contributed by atoms with Crippen molar-refractivity contribution in [1.82, 2.24) is 4.31 Å². The lowest BCUT2D eigenvalue weighted by Crippen LogP contribution is -2.29. The van der Waals surface area contributed by atoms with Crippen molar-refractivity contribution >= 4 is 33.0 Å². The molecule has 2 N–H and O–H groups in total. The minimum Gasteiger partial charge on any atom is -0.326 e. The Morgan fingerprint density at radius 1 is 1.33 bits per heavy atom. The van der Waals surface area contributed by atoms with E-state index in [1.807, 2.05) is 17.5 Å². The summed E-state index contributed by atoms with van der Waals surface area (Å²) in [5, 5.41) is 2.20. The number of hydrogen-bond donors (Lipinski definition) is 1. The van der Waals surface area contributed by atoms with Gasteiger partial charge in [-0.1, -0.05) is 23.7 Å². The van der Waals surface area contributed by atoms with E-state index in [2.05, 4.69) is 0 Å². The molecule has 0 radical (unpaired) electrons. The zero-order valence-electron chi connectivity index (χ0n) is 11.6. The van der Waals surface area contributed by atoms with Gasteiger partial charge in [0.1, 0.15) is 4.90 Å². The van der Waals surface area contributed by atoms with Crippen LogP contribution in [0.4, 0.5) is 0 Å². The molecule has 2 aromatic rings. The van der Waals surface area contributed by atoms with Crippen LogP contribution in [0.15, 0.2) is 40.6 Å². The third kappa shape index (κ3) is 3.84. The highest BCUT2D eigenvalue weighted by Gasteiger charge is 2.23. The van der Waals surface area contributed by atoms with E-state index in [0.29, 0.717) is 13.0 Å². The SMILES string of the molecule is CN(CCc1cccs1)S(=O)(=O)c1cc(CN)ccc1Cl. The number of nitrogens with two attached hydrogens (primary N) is 1. The third-order valence-corrected chi connectivity index (χ3v) is 6.45. The van der Waals surface area contributed by atoms with E-state index in [1.165, 1.54) is 4.31 Å². The molecule has 0 aliphatic carbocycles. The van der Waals surface area contributed by atoms with Crippen LogP contribution in [-0.4, -0.2) is 26.3 Å². The summed E-state index contributed by atoms with van der Waals surface area (Å²) in [5.74, 6) is 0. The van der Waals surface area contributed by atoms with Gasteiger partial charge in [0.15, 0.2) is 0 Å². The minimum atomic E-state index is -3.61. The van der Waals surface area contributed by atoms with Crippen LogP contribution in [-0.2, 0) is 23.0 Å². The average molecular weight is 345 g/mol. The lowest BCUT2D eigenvalue weighted by molar-refractivity contribution is 0.473. The van der Waals surface area contributed by atoms with Crippen LogP contribution in [0, 0.1) is 0 Å². The zero-order chi connectivity index (χ0) is 15.5. The molecule has 0 saturated heterocycles. The topological polar surface area (TPSA) is 63.4 Å². The number of likely N-dealkylation sites (N-methyl/N-ethyl adjacent to an activating group) is 1. The van der Waals surface area contributed by atoms with Crippen LogP contribution in [0.25, 0.3) is 0 Å². The predicted octanol–water partition coefficient (Wildman–Crippen LogP) is 2.72. The fourth-order valence-electron chi connectivity index (χ4n) is 1.88. The number of nitrogens with zero attached hydrogens (tertiary/aromatic N) is 1. The molecule has 1 aromatic carbocycles. The number of sulfonamides is 1. The Morgan fingerprint density at radius 3 is 2.71 bits per heavy atom. The van der Waals surface area contributed by atoms with Gasteiger partial charge in [-0.2, -0.15) is 0 Å². The third-order valence-electron chi connectivity index (χ3n) is 3.17. The van der Waals surface area contributed by atoms with Crippen molar-refractivity contribution in [3.63, 3.8) is 0 Å². The van der Waals surface area contributed by atoms with Crippen molar-refractivity contribution in [3.05, 3.63) is 51.2 Å². The second-order valence-electron chi connectivity index (χ2n) is 4.62. The molecule has 0 fully saturated rings. The minimum absolute atomic E-state index is 0.112. The Labute approximate surface area is 134 Å². The maximum Gasteiger partial charge on any atom is 0.244 e. The van der Waals surface area contributed by atoms with Crippen LogP contribution in [0.5, 0.6) is 0 Å². The van der Waals surface area contributed by atoms with E-state index < -0.39 is 10.0 Å². The summed E-state index contributed by atoms with van der Waals surface area (Å²) in [7, 11) is -2.04. The number of hydrogen-bond acceptors (Lipinski definition) is 4. The number of benzene rings is 1. The van der Waals surface area contributed by atoms with Crippen molar-refractivity contribution in [2.24, 2.45) is 5.73 Å². The van der Waals surface area contributed by atoms with Gasteiger partial charge in [0.05, 0.1) is 5.02 Å². The first-order chi connectivity index (χ1) is 9.95. The van der Waals surface area contributed by atoms with Gasteiger partial charge in [-0.3, -0.25) is 0 Å². The number of halogens is 1. The van der Waals surface area contributed by atoms with Gasteiger partial charge in [0, 0.05) is 25.0 Å². The zero-order valence-corrected chi connectivity index (χ0v) is 14.0. The van der Waals surface area contributed by atoms with Crippen molar-refractivity contribution < 1.29 is 8.42 Å². The molecule has 7 heteroatoms. The molecule has 0 spiro atoms. The molecule has 0 saturated carbocycles.